The summed E-state index contributed by atoms with van der Waals surface area (Å²) in [5.41, 5.74) is 0.543. The minimum absolute atomic E-state index is 0.0274. The molecule has 0 aliphatic rings. The van der Waals surface area contributed by atoms with Crippen molar-refractivity contribution in [1.82, 2.24) is 10.0 Å². The molecule has 2 rings (SSSR count). The first kappa shape index (κ1) is 19.3. The van der Waals surface area contributed by atoms with Crippen molar-refractivity contribution in [2.45, 2.75) is 11.8 Å². The zero-order valence-electron chi connectivity index (χ0n) is 13.8. The Hall–Kier alpha value is -2.98. The molecular formula is C16H17N3O6S. The second kappa shape index (κ2) is 7.93. The van der Waals surface area contributed by atoms with E-state index in [-0.39, 0.29) is 35.0 Å². The minimum atomic E-state index is -3.95. The number of non-ortho nitro benzene ring substituents is 1. The predicted octanol–water partition coefficient (Wildman–Crippen LogP) is 1.32. The number of carbonyl (C=O) groups excluding carboxylic acids is 1. The highest BCUT2D eigenvalue weighted by Gasteiger charge is 2.17. The van der Waals surface area contributed by atoms with Gasteiger partial charge in [0.05, 0.1) is 15.4 Å². The molecule has 3 N–H and O–H groups in total. The van der Waals surface area contributed by atoms with Gasteiger partial charge in [0.15, 0.2) is 0 Å². The van der Waals surface area contributed by atoms with Gasteiger partial charge in [0.25, 0.3) is 11.6 Å². The normalized spacial score (nSPS) is 11.1. The van der Waals surface area contributed by atoms with Crippen LogP contribution in [0.2, 0.25) is 0 Å². The Morgan fingerprint density at radius 2 is 1.92 bits per heavy atom. The average Bonchev–Trinajstić information content (AvgIpc) is 2.60. The fraction of sp³-hybridized carbons (Fsp3) is 0.188. The number of aryl methyl sites for hydroxylation is 1. The van der Waals surface area contributed by atoms with Gasteiger partial charge in [-0.15, -0.1) is 0 Å². The maximum Gasteiger partial charge on any atom is 0.270 e. The summed E-state index contributed by atoms with van der Waals surface area (Å²) in [6, 6.07) is 9.21. The monoisotopic (exact) mass is 379 g/mol. The third kappa shape index (κ3) is 4.77. The Balaban J connectivity index is 1.94. The van der Waals surface area contributed by atoms with Crippen molar-refractivity contribution in [2.24, 2.45) is 0 Å². The first-order chi connectivity index (χ1) is 12.2. The van der Waals surface area contributed by atoms with E-state index in [1.54, 1.807) is 13.0 Å². The Morgan fingerprint density at radius 3 is 2.62 bits per heavy atom. The number of sulfonamides is 1. The number of phenols is 1. The molecule has 0 aromatic heterocycles. The van der Waals surface area contributed by atoms with E-state index in [9.17, 15) is 28.4 Å². The second-order valence-electron chi connectivity index (χ2n) is 5.43. The molecule has 0 bridgehead atoms. The molecule has 0 fully saturated rings. The molecule has 0 aliphatic heterocycles. The van der Waals surface area contributed by atoms with Crippen LogP contribution in [-0.4, -0.2) is 37.4 Å². The van der Waals surface area contributed by atoms with Crippen molar-refractivity contribution in [2.75, 3.05) is 13.1 Å². The van der Waals surface area contributed by atoms with Gasteiger partial charge >= 0.3 is 0 Å². The molecule has 9 nitrogen and oxygen atoms in total. The molecule has 0 spiro atoms. The Kier molecular flexibility index (Phi) is 5.90. The molecule has 0 saturated carbocycles. The number of nitrogens with zero attached hydrogens (tertiary/aromatic N) is 1. The summed E-state index contributed by atoms with van der Waals surface area (Å²) in [7, 11) is -3.95. The Morgan fingerprint density at radius 1 is 1.19 bits per heavy atom. The third-order valence-electron chi connectivity index (χ3n) is 3.44. The number of amides is 1. The number of hydrogen-bond acceptors (Lipinski definition) is 6. The lowest BCUT2D eigenvalue weighted by Crippen LogP contribution is -2.34. The fourth-order valence-corrected chi connectivity index (χ4v) is 3.21. The standard InChI is InChI=1S/C16H17N3O6S/c1-11-5-6-15(20)14(9-11)16(21)17-7-8-18-26(24,25)13-4-2-3-12(10-13)19(22)23/h2-6,9-10,18,20H,7-8H2,1H3,(H,17,21). The van der Waals surface area contributed by atoms with Crippen LogP contribution in [0.25, 0.3) is 0 Å². The van der Waals surface area contributed by atoms with E-state index >= 15 is 0 Å². The van der Waals surface area contributed by atoms with Crippen molar-refractivity contribution in [3.8, 4) is 5.75 Å². The first-order valence-corrected chi connectivity index (χ1v) is 9.01. The molecule has 2 aromatic carbocycles. The highest BCUT2D eigenvalue weighted by Crippen LogP contribution is 2.18. The lowest BCUT2D eigenvalue weighted by atomic mass is 10.1. The van der Waals surface area contributed by atoms with Gasteiger partial charge in [-0.2, -0.15) is 0 Å². The van der Waals surface area contributed by atoms with E-state index < -0.39 is 20.9 Å². The molecule has 0 unspecified atom stereocenters. The Labute approximate surface area is 149 Å². The van der Waals surface area contributed by atoms with E-state index in [0.29, 0.717) is 0 Å². The van der Waals surface area contributed by atoms with Gasteiger partial charge in [0, 0.05) is 25.2 Å². The van der Waals surface area contributed by atoms with Crippen LogP contribution in [0.15, 0.2) is 47.4 Å². The summed E-state index contributed by atoms with van der Waals surface area (Å²) in [6.07, 6.45) is 0. The van der Waals surface area contributed by atoms with Crippen LogP contribution in [-0.2, 0) is 10.0 Å². The fourth-order valence-electron chi connectivity index (χ4n) is 2.14. The summed E-state index contributed by atoms with van der Waals surface area (Å²) >= 11 is 0. The van der Waals surface area contributed by atoms with E-state index in [2.05, 4.69) is 10.0 Å². The van der Waals surface area contributed by atoms with Crippen molar-refractivity contribution in [3.63, 3.8) is 0 Å². The SMILES string of the molecule is Cc1ccc(O)c(C(=O)NCCNS(=O)(=O)c2cccc([N+](=O)[O-])c2)c1. The Bertz CT molecular complexity index is 943. The highest BCUT2D eigenvalue weighted by molar-refractivity contribution is 7.89. The lowest BCUT2D eigenvalue weighted by Gasteiger charge is -2.09. The molecular weight excluding hydrogens is 362 g/mol. The predicted molar refractivity (Wildman–Crippen MR) is 93.5 cm³/mol. The van der Waals surface area contributed by atoms with Crippen molar-refractivity contribution in [1.29, 1.82) is 0 Å². The number of phenolic OH excluding ortho intramolecular Hbond substituents is 1. The van der Waals surface area contributed by atoms with E-state index in [1.165, 1.54) is 30.3 Å². The van der Waals surface area contributed by atoms with Gasteiger partial charge in [-0.25, -0.2) is 13.1 Å². The van der Waals surface area contributed by atoms with Gasteiger partial charge in [-0.05, 0) is 25.1 Å². The van der Waals surface area contributed by atoms with Crippen molar-refractivity contribution < 1.29 is 23.2 Å². The molecule has 10 heteroatoms. The number of nitro benzene ring substituents is 1. The number of hydrogen-bond donors (Lipinski definition) is 3. The zero-order valence-corrected chi connectivity index (χ0v) is 14.6. The van der Waals surface area contributed by atoms with Gasteiger partial charge in [0.2, 0.25) is 10.0 Å². The van der Waals surface area contributed by atoms with Crippen LogP contribution in [0.4, 0.5) is 5.69 Å². The van der Waals surface area contributed by atoms with Gasteiger partial charge in [-0.3, -0.25) is 14.9 Å². The number of rotatable bonds is 7. The topological polar surface area (TPSA) is 139 Å². The van der Waals surface area contributed by atoms with E-state index in [0.717, 1.165) is 11.6 Å². The smallest absolute Gasteiger partial charge is 0.270 e. The number of nitro groups is 1. The molecule has 0 atom stereocenters. The average molecular weight is 379 g/mol. The van der Waals surface area contributed by atoms with Gasteiger partial charge in [0.1, 0.15) is 5.75 Å². The minimum Gasteiger partial charge on any atom is -0.507 e. The van der Waals surface area contributed by atoms with Crippen LogP contribution in [0, 0.1) is 17.0 Å². The largest absolute Gasteiger partial charge is 0.507 e. The molecule has 0 saturated heterocycles. The number of nitrogens with one attached hydrogen (secondary N) is 2. The van der Waals surface area contributed by atoms with Crippen LogP contribution in [0.5, 0.6) is 5.75 Å². The number of carbonyl (C=O) groups is 1. The van der Waals surface area contributed by atoms with Gasteiger partial charge < -0.3 is 10.4 Å². The lowest BCUT2D eigenvalue weighted by molar-refractivity contribution is -0.385. The maximum absolute atomic E-state index is 12.1. The van der Waals surface area contributed by atoms with Gasteiger partial charge in [-0.1, -0.05) is 17.7 Å². The quantitative estimate of drug-likeness (QED) is 0.377. The van der Waals surface area contributed by atoms with Crippen molar-refractivity contribution in [3.05, 3.63) is 63.7 Å². The third-order valence-corrected chi connectivity index (χ3v) is 4.90. The van der Waals surface area contributed by atoms with Crippen LogP contribution in [0.3, 0.4) is 0 Å². The van der Waals surface area contributed by atoms with Crippen LogP contribution >= 0.6 is 0 Å². The summed E-state index contributed by atoms with van der Waals surface area (Å²) in [4.78, 5) is 21.8. The van der Waals surface area contributed by atoms with Crippen LogP contribution in [0.1, 0.15) is 15.9 Å². The molecule has 2 aromatic rings. The van der Waals surface area contributed by atoms with E-state index in [4.69, 9.17) is 0 Å². The molecule has 26 heavy (non-hydrogen) atoms. The number of aromatic hydroxyl groups is 1. The first-order valence-electron chi connectivity index (χ1n) is 7.52. The summed E-state index contributed by atoms with van der Waals surface area (Å²) in [5, 5.41) is 22.9. The van der Waals surface area contributed by atoms with E-state index in [1.807, 2.05) is 0 Å². The zero-order chi connectivity index (χ0) is 19.3. The molecule has 138 valence electrons. The highest BCUT2D eigenvalue weighted by atomic mass is 32.2. The second-order valence-corrected chi connectivity index (χ2v) is 7.20. The van der Waals surface area contributed by atoms with Crippen LogP contribution < -0.4 is 10.0 Å². The molecule has 0 heterocycles. The summed E-state index contributed by atoms with van der Waals surface area (Å²) in [5.74, 6) is -0.717. The summed E-state index contributed by atoms with van der Waals surface area (Å²) < 4.78 is 26.5. The summed E-state index contributed by atoms with van der Waals surface area (Å²) in [6.45, 7) is 1.62. The van der Waals surface area contributed by atoms with Crippen molar-refractivity contribution >= 4 is 21.6 Å². The maximum atomic E-state index is 12.1. The number of benzene rings is 2. The molecule has 1 amide bonds. The molecule has 0 aliphatic carbocycles. The molecule has 0 radical (unpaired) electrons.